The molecule has 2 rings (SSSR count). The lowest BCUT2D eigenvalue weighted by Gasteiger charge is -2.32. The van der Waals surface area contributed by atoms with Crippen molar-refractivity contribution in [3.05, 3.63) is 0 Å². The van der Waals surface area contributed by atoms with Gasteiger partial charge in [-0.15, -0.1) is 12.3 Å². The SMILES string of the molecule is C#CCCCN1CCCC(CNC(=O)C2CCCN2)C1. The van der Waals surface area contributed by atoms with Crippen LogP contribution in [0.15, 0.2) is 0 Å². The molecule has 0 radical (unpaired) electrons. The molecule has 4 heteroatoms. The maximum Gasteiger partial charge on any atom is 0.237 e. The van der Waals surface area contributed by atoms with Crippen LogP contribution in [0.4, 0.5) is 0 Å². The second-order valence-electron chi connectivity index (χ2n) is 6.01. The van der Waals surface area contributed by atoms with Crippen molar-refractivity contribution in [3.8, 4) is 12.3 Å². The van der Waals surface area contributed by atoms with Crippen LogP contribution in [-0.2, 0) is 4.79 Å². The van der Waals surface area contributed by atoms with Gasteiger partial charge in [-0.2, -0.15) is 0 Å². The van der Waals surface area contributed by atoms with Gasteiger partial charge in [-0.05, 0) is 57.7 Å². The summed E-state index contributed by atoms with van der Waals surface area (Å²) in [7, 11) is 0. The Morgan fingerprint density at radius 2 is 2.30 bits per heavy atom. The normalized spacial score (nSPS) is 27.1. The summed E-state index contributed by atoms with van der Waals surface area (Å²) < 4.78 is 0. The van der Waals surface area contributed by atoms with Crippen molar-refractivity contribution in [3.63, 3.8) is 0 Å². The summed E-state index contributed by atoms with van der Waals surface area (Å²) in [5.41, 5.74) is 0. The molecule has 0 aliphatic carbocycles. The summed E-state index contributed by atoms with van der Waals surface area (Å²) in [6.45, 7) is 5.17. The lowest BCUT2D eigenvalue weighted by molar-refractivity contribution is -0.123. The topological polar surface area (TPSA) is 44.4 Å². The zero-order valence-electron chi connectivity index (χ0n) is 12.4. The third-order valence-corrected chi connectivity index (χ3v) is 4.34. The first-order valence-electron chi connectivity index (χ1n) is 7.96. The van der Waals surface area contributed by atoms with E-state index in [1.165, 1.54) is 19.4 Å². The van der Waals surface area contributed by atoms with Gasteiger partial charge in [0, 0.05) is 19.5 Å². The van der Waals surface area contributed by atoms with Gasteiger partial charge < -0.3 is 15.5 Å². The van der Waals surface area contributed by atoms with Gasteiger partial charge in [0.1, 0.15) is 0 Å². The zero-order valence-corrected chi connectivity index (χ0v) is 12.4. The van der Waals surface area contributed by atoms with E-state index in [0.29, 0.717) is 5.92 Å². The summed E-state index contributed by atoms with van der Waals surface area (Å²) >= 11 is 0. The molecule has 2 heterocycles. The Kier molecular flexibility index (Phi) is 6.35. The molecular weight excluding hydrogens is 250 g/mol. The summed E-state index contributed by atoms with van der Waals surface area (Å²) in [6.07, 6.45) is 11.8. The predicted octanol–water partition coefficient (Wildman–Crippen LogP) is 0.980. The molecule has 2 unspecified atom stereocenters. The predicted molar refractivity (Wildman–Crippen MR) is 81.3 cm³/mol. The second kappa shape index (κ2) is 8.28. The number of amides is 1. The number of carbonyl (C=O) groups excluding carboxylic acids is 1. The van der Waals surface area contributed by atoms with Gasteiger partial charge in [0.15, 0.2) is 0 Å². The van der Waals surface area contributed by atoms with Gasteiger partial charge >= 0.3 is 0 Å². The van der Waals surface area contributed by atoms with E-state index in [1.807, 2.05) is 0 Å². The van der Waals surface area contributed by atoms with Gasteiger partial charge in [0.2, 0.25) is 5.91 Å². The van der Waals surface area contributed by atoms with Gasteiger partial charge in [-0.3, -0.25) is 4.79 Å². The number of hydrogen-bond donors (Lipinski definition) is 2. The first-order chi connectivity index (χ1) is 9.79. The standard InChI is InChI=1S/C16H27N3O/c1-2-3-4-10-19-11-6-7-14(13-19)12-18-16(20)15-8-5-9-17-15/h1,14-15,17H,3-13H2,(H,18,20). The Morgan fingerprint density at radius 1 is 1.40 bits per heavy atom. The number of nitrogens with zero attached hydrogens (tertiary/aromatic N) is 1. The van der Waals surface area contributed by atoms with Crippen LogP contribution in [0, 0.1) is 18.3 Å². The number of nitrogens with one attached hydrogen (secondary N) is 2. The van der Waals surface area contributed by atoms with Crippen molar-refractivity contribution in [1.29, 1.82) is 0 Å². The molecule has 0 spiro atoms. The molecule has 20 heavy (non-hydrogen) atoms. The van der Waals surface area contributed by atoms with Crippen molar-refractivity contribution in [1.82, 2.24) is 15.5 Å². The van der Waals surface area contributed by atoms with Crippen molar-refractivity contribution in [2.75, 3.05) is 32.7 Å². The molecule has 0 bridgehead atoms. The maximum atomic E-state index is 12.0. The quantitative estimate of drug-likeness (QED) is 0.562. The number of likely N-dealkylation sites (tertiary alicyclic amines) is 1. The fourth-order valence-corrected chi connectivity index (χ4v) is 3.20. The summed E-state index contributed by atoms with van der Waals surface area (Å²) in [4.78, 5) is 14.5. The van der Waals surface area contributed by atoms with Crippen molar-refractivity contribution >= 4 is 5.91 Å². The molecule has 0 aromatic rings. The van der Waals surface area contributed by atoms with Crippen LogP contribution in [0.3, 0.4) is 0 Å². The van der Waals surface area contributed by atoms with Crippen molar-refractivity contribution in [2.24, 2.45) is 5.92 Å². The molecule has 2 saturated heterocycles. The average Bonchev–Trinajstić information content (AvgIpc) is 3.00. The minimum Gasteiger partial charge on any atom is -0.354 e. The molecule has 4 nitrogen and oxygen atoms in total. The van der Waals surface area contributed by atoms with E-state index in [2.05, 4.69) is 21.5 Å². The molecule has 2 aliphatic rings. The first kappa shape index (κ1) is 15.3. The number of rotatable bonds is 6. The summed E-state index contributed by atoms with van der Waals surface area (Å²) in [5, 5.41) is 6.37. The Hall–Kier alpha value is -1.05. The second-order valence-corrected chi connectivity index (χ2v) is 6.01. The molecule has 1 amide bonds. The van der Waals surface area contributed by atoms with Crippen LogP contribution >= 0.6 is 0 Å². The lowest BCUT2D eigenvalue weighted by Crippen LogP contribution is -2.45. The molecule has 0 aromatic heterocycles. The highest BCUT2D eigenvalue weighted by Gasteiger charge is 2.24. The van der Waals surface area contributed by atoms with Crippen LogP contribution in [-0.4, -0.2) is 49.6 Å². The van der Waals surface area contributed by atoms with Crippen LogP contribution in [0.1, 0.15) is 38.5 Å². The Morgan fingerprint density at radius 3 is 3.05 bits per heavy atom. The minimum atomic E-state index is 0.0466. The Balaban J connectivity index is 1.64. The van der Waals surface area contributed by atoms with Crippen LogP contribution in [0.5, 0.6) is 0 Å². The summed E-state index contributed by atoms with van der Waals surface area (Å²) in [6, 6.07) is 0.0466. The van der Waals surface area contributed by atoms with Crippen LogP contribution in [0.2, 0.25) is 0 Å². The van der Waals surface area contributed by atoms with Gasteiger partial charge in [-0.25, -0.2) is 0 Å². The van der Waals surface area contributed by atoms with E-state index < -0.39 is 0 Å². The van der Waals surface area contributed by atoms with Crippen molar-refractivity contribution < 1.29 is 4.79 Å². The van der Waals surface area contributed by atoms with Gasteiger partial charge in [0.25, 0.3) is 0 Å². The molecule has 2 fully saturated rings. The van der Waals surface area contributed by atoms with Crippen LogP contribution in [0.25, 0.3) is 0 Å². The van der Waals surface area contributed by atoms with E-state index in [9.17, 15) is 4.79 Å². The number of carbonyl (C=O) groups is 1. The molecule has 112 valence electrons. The molecular formula is C16H27N3O. The fourth-order valence-electron chi connectivity index (χ4n) is 3.20. The highest BCUT2D eigenvalue weighted by Crippen LogP contribution is 2.16. The number of hydrogen-bond acceptors (Lipinski definition) is 3. The van der Waals surface area contributed by atoms with E-state index in [1.54, 1.807) is 0 Å². The fraction of sp³-hybridized carbons (Fsp3) is 0.812. The number of piperidine rings is 1. The van der Waals surface area contributed by atoms with Gasteiger partial charge in [-0.1, -0.05) is 0 Å². The zero-order chi connectivity index (χ0) is 14.2. The average molecular weight is 277 g/mol. The molecule has 0 saturated carbocycles. The number of terminal acetylenes is 1. The van der Waals surface area contributed by atoms with Crippen molar-refractivity contribution in [2.45, 2.75) is 44.6 Å². The van der Waals surface area contributed by atoms with Gasteiger partial charge in [0.05, 0.1) is 6.04 Å². The maximum absolute atomic E-state index is 12.0. The molecule has 0 aromatic carbocycles. The molecule has 2 atom stereocenters. The van der Waals surface area contributed by atoms with E-state index >= 15 is 0 Å². The minimum absolute atomic E-state index is 0.0466. The first-order valence-corrected chi connectivity index (χ1v) is 7.96. The highest BCUT2D eigenvalue weighted by atomic mass is 16.2. The molecule has 2 N–H and O–H groups in total. The van der Waals surface area contributed by atoms with E-state index in [0.717, 1.165) is 51.9 Å². The largest absolute Gasteiger partial charge is 0.354 e. The summed E-state index contributed by atoms with van der Waals surface area (Å²) in [5.74, 6) is 3.48. The van der Waals surface area contributed by atoms with E-state index in [4.69, 9.17) is 6.42 Å². The smallest absolute Gasteiger partial charge is 0.237 e. The third-order valence-electron chi connectivity index (χ3n) is 4.34. The van der Waals surface area contributed by atoms with E-state index in [-0.39, 0.29) is 11.9 Å². The lowest BCUT2D eigenvalue weighted by atomic mass is 9.97. The highest BCUT2D eigenvalue weighted by molar-refractivity contribution is 5.81. The monoisotopic (exact) mass is 277 g/mol. The Bertz CT molecular complexity index is 344. The molecule has 2 aliphatic heterocycles. The van der Waals surface area contributed by atoms with Crippen LogP contribution < -0.4 is 10.6 Å². The Labute approximate surface area is 122 Å². The number of unbranched alkanes of at least 4 members (excludes halogenated alkanes) is 1. The third kappa shape index (κ3) is 4.81.